The number of carbonyl (C=O) groups is 2. The number of aromatic hydroxyl groups is 2. The van der Waals surface area contributed by atoms with E-state index in [0.717, 1.165) is 17.2 Å². The number of anilines is 1. The second-order valence-corrected chi connectivity index (χ2v) is 6.57. The molecule has 146 valence electrons. The topological polar surface area (TPSA) is 99.1 Å². The van der Waals surface area contributed by atoms with Crippen LogP contribution in [0.3, 0.4) is 0 Å². The summed E-state index contributed by atoms with van der Waals surface area (Å²) in [5.74, 6) is -0.509. The van der Waals surface area contributed by atoms with Crippen LogP contribution in [0.4, 0.5) is 5.69 Å². The molecule has 1 heterocycles. The molecule has 7 nitrogen and oxygen atoms in total. The molecule has 0 bridgehead atoms. The fourth-order valence-corrected chi connectivity index (χ4v) is 3.41. The molecule has 0 saturated carbocycles. The van der Waals surface area contributed by atoms with E-state index in [9.17, 15) is 19.8 Å². The summed E-state index contributed by atoms with van der Waals surface area (Å²) >= 11 is 0. The summed E-state index contributed by atoms with van der Waals surface area (Å²) in [4.78, 5) is 26.3. The second kappa shape index (κ2) is 7.64. The van der Waals surface area contributed by atoms with E-state index >= 15 is 0 Å². The van der Waals surface area contributed by atoms with Crippen LogP contribution in [0.1, 0.15) is 34.5 Å². The number of fused-ring (bicyclic) bond motifs is 1. The number of nitrogens with one attached hydrogen (secondary N) is 1. The molecule has 1 aliphatic heterocycles. The van der Waals surface area contributed by atoms with Gasteiger partial charge in [0.05, 0.1) is 18.7 Å². The maximum absolute atomic E-state index is 13.1. The molecule has 28 heavy (non-hydrogen) atoms. The van der Waals surface area contributed by atoms with Gasteiger partial charge in [-0.3, -0.25) is 9.59 Å². The molecule has 2 amide bonds. The van der Waals surface area contributed by atoms with Crippen molar-refractivity contribution in [3.63, 3.8) is 0 Å². The fraction of sp³-hybridized carbons (Fsp3) is 0.238. The molecule has 2 aromatic carbocycles. The van der Waals surface area contributed by atoms with Gasteiger partial charge in [-0.05, 0) is 60.9 Å². The molecule has 0 aromatic heterocycles. The van der Waals surface area contributed by atoms with Crippen molar-refractivity contribution in [3.05, 3.63) is 59.7 Å². The second-order valence-electron chi connectivity index (χ2n) is 6.57. The largest absolute Gasteiger partial charge is 0.507 e. The monoisotopic (exact) mass is 382 g/mol. The van der Waals surface area contributed by atoms with Gasteiger partial charge in [-0.15, -0.1) is 0 Å². The number of carbonyl (C=O) groups excluding carboxylic acids is 2. The lowest BCUT2D eigenvalue weighted by molar-refractivity contribution is -0.111. The highest BCUT2D eigenvalue weighted by atomic mass is 16.5. The maximum Gasteiger partial charge on any atom is 0.258 e. The van der Waals surface area contributed by atoms with Crippen molar-refractivity contribution in [3.8, 4) is 17.2 Å². The van der Waals surface area contributed by atoms with Gasteiger partial charge in [0.15, 0.2) is 11.5 Å². The normalized spacial score (nSPS) is 15.5. The average Bonchev–Trinajstić information content (AvgIpc) is 2.68. The van der Waals surface area contributed by atoms with Crippen molar-refractivity contribution < 1.29 is 24.5 Å². The Morgan fingerprint density at radius 2 is 2.00 bits per heavy atom. The molecule has 0 saturated heterocycles. The van der Waals surface area contributed by atoms with Crippen LogP contribution in [-0.2, 0) is 11.2 Å². The van der Waals surface area contributed by atoms with E-state index in [2.05, 4.69) is 11.9 Å². The van der Waals surface area contributed by atoms with Gasteiger partial charge < -0.3 is 25.2 Å². The molecule has 1 atom stereocenters. The molecular formula is C21H22N2O5. The van der Waals surface area contributed by atoms with Crippen LogP contribution in [0.15, 0.2) is 43.0 Å². The number of nitrogens with zero attached hydrogens (tertiary/aromatic N) is 1. The first kappa shape index (κ1) is 19.3. The van der Waals surface area contributed by atoms with Crippen LogP contribution in [0.2, 0.25) is 0 Å². The summed E-state index contributed by atoms with van der Waals surface area (Å²) in [5, 5.41) is 22.8. The number of amides is 2. The van der Waals surface area contributed by atoms with Crippen LogP contribution >= 0.6 is 0 Å². The molecule has 3 rings (SSSR count). The third kappa shape index (κ3) is 3.51. The predicted octanol–water partition coefficient (Wildman–Crippen LogP) is 2.99. The summed E-state index contributed by atoms with van der Waals surface area (Å²) in [7, 11) is 1.47. The Morgan fingerprint density at radius 3 is 2.68 bits per heavy atom. The van der Waals surface area contributed by atoms with Crippen molar-refractivity contribution in [2.45, 2.75) is 19.4 Å². The zero-order valence-electron chi connectivity index (χ0n) is 15.7. The first-order valence-corrected chi connectivity index (χ1v) is 8.83. The van der Waals surface area contributed by atoms with Gasteiger partial charge >= 0.3 is 0 Å². The summed E-state index contributed by atoms with van der Waals surface area (Å²) in [6.07, 6.45) is 1.69. The van der Waals surface area contributed by atoms with Crippen LogP contribution in [0.5, 0.6) is 17.2 Å². The Kier molecular flexibility index (Phi) is 5.26. The van der Waals surface area contributed by atoms with Crippen molar-refractivity contribution in [2.75, 3.05) is 19.0 Å². The SMILES string of the molecule is C=CC(=O)Nc1ccc(O)c(C(=O)N2CCc3cc(O)c(OC)cc3C2C)c1. The van der Waals surface area contributed by atoms with E-state index < -0.39 is 5.91 Å². The van der Waals surface area contributed by atoms with Crippen molar-refractivity contribution in [1.29, 1.82) is 0 Å². The van der Waals surface area contributed by atoms with Crippen LogP contribution in [-0.4, -0.2) is 40.6 Å². The van der Waals surface area contributed by atoms with E-state index in [-0.39, 0.29) is 29.0 Å². The summed E-state index contributed by atoms with van der Waals surface area (Å²) < 4.78 is 5.18. The number of rotatable bonds is 4. The minimum absolute atomic E-state index is 0.0662. The first-order valence-electron chi connectivity index (χ1n) is 8.83. The van der Waals surface area contributed by atoms with Gasteiger partial charge in [-0.1, -0.05) is 6.58 Å². The third-order valence-electron chi connectivity index (χ3n) is 4.92. The molecule has 0 spiro atoms. The van der Waals surface area contributed by atoms with Gasteiger partial charge in [0.2, 0.25) is 5.91 Å². The third-order valence-corrected chi connectivity index (χ3v) is 4.92. The summed E-state index contributed by atoms with van der Waals surface area (Å²) in [5.41, 5.74) is 2.32. The smallest absolute Gasteiger partial charge is 0.258 e. The average molecular weight is 382 g/mol. The lowest BCUT2D eigenvalue weighted by atomic mass is 9.92. The predicted molar refractivity (Wildman–Crippen MR) is 105 cm³/mol. The highest BCUT2D eigenvalue weighted by molar-refractivity contribution is 6.02. The molecule has 1 aliphatic rings. The minimum atomic E-state index is -0.406. The number of phenols is 2. The van der Waals surface area contributed by atoms with Crippen molar-refractivity contribution >= 4 is 17.5 Å². The molecule has 0 aliphatic carbocycles. The van der Waals surface area contributed by atoms with E-state index in [1.54, 1.807) is 17.0 Å². The van der Waals surface area contributed by atoms with Crippen LogP contribution in [0.25, 0.3) is 0 Å². The Labute approximate surface area is 162 Å². The van der Waals surface area contributed by atoms with E-state index in [1.165, 1.54) is 25.3 Å². The number of hydrogen-bond acceptors (Lipinski definition) is 5. The lowest BCUT2D eigenvalue weighted by Crippen LogP contribution is -2.39. The molecule has 1 unspecified atom stereocenters. The minimum Gasteiger partial charge on any atom is -0.507 e. The zero-order chi connectivity index (χ0) is 20.4. The standard InChI is InChI=1S/C21H22N2O5/c1-4-20(26)22-14-5-6-17(24)16(10-14)21(27)23-8-7-13-9-18(25)19(28-3)11-15(13)12(23)2/h4-6,9-12,24-25H,1,7-8H2,2-3H3,(H,22,26). The molecule has 0 fully saturated rings. The molecule has 3 N–H and O–H groups in total. The van der Waals surface area contributed by atoms with Crippen molar-refractivity contribution in [2.24, 2.45) is 0 Å². The Bertz CT molecular complexity index is 954. The molecule has 0 radical (unpaired) electrons. The van der Waals surface area contributed by atoms with Crippen LogP contribution in [0, 0.1) is 0 Å². The Balaban J connectivity index is 1.92. The number of methoxy groups -OCH3 is 1. The van der Waals surface area contributed by atoms with Gasteiger partial charge in [0.25, 0.3) is 5.91 Å². The summed E-state index contributed by atoms with van der Waals surface area (Å²) in [6, 6.07) is 7.44. The Morgan fingerprint density at radius 1 is 1.25 bits per heavy atom. The summed E-state index contributed by atoms with van der Waals surface area (Å²) in [6.45, 7) is 5.71. The highest BCUT2D eigenvalue weighted by Gasteiger charge is 2.30. The van der Waals surface area contributed by atoms with Crippen molar-refractivity contribution in [1.82, 2.24) is 4.90 Å². The number of phenolic OH excluding ortho intramolecular Hbond substituents is 2. The Hall–Kier alpha value is -3.48. The van der Waals surface area contributed by atoms with E-state index in [0.29, 0.717) is 24.4 Å². The number of benzene rings is 2. The van der Waals surface area contributed by atoms with E-state index in [1.807, 2.05) is 6.92 Å². The number of hydrogen-bond donors (Lipinski definition) is 3. The van der Waals surface area contributed by atoms with E-state index in [4.69, 9.17) is 4.74 Å². The molecular weight excluding hydrogens is 360 g/mol. The number of ether oxygens (including phenoxy) is 1. The molecule has 2 aromatic rings. The first-order chi connectivity index (χ1) is 13.3. The van der Waals surface area contributed by atoms with Crippen LogP contribution < -0.4 is 10.1 Å². The lowest BCUT2D eigenvalue weighted by Gasteiger charge is -2.35. The fourth-order valence-electron chi connectivity index (χ4n) is 3.41. The van der Waals surface area contributed by atoms with Gasteiger partial charge in [-0.2, -0.15) is 0 Å². The zero-order valence-corrected chi connectivity index (χ0v) is 15.7. The quantitative estimate of drug-likeness (QED) is 0.558. The maximum atomic E-state index is 13.1. The highest BCUT2D eigenvalue weighted by Crippen LogP contribution is 2.38. The van der Waals surface area contributed by atoms with Gasteiger partial charge in [0, 0.05) is 12.2 Å². The van der Waals surface area contributed by atoms with Gasteiger partial charge in [0.1, 0.15) is 5.75 Å². The van der Waals surface area contributed by atoms with Gasteiger partial charge in [-0.25, -0.2) is 0 Å². The molecule has 7 heteroatoms.